The lowest BCUT2D eigenvalue weighted by Crippen LogP contribution is -2.18. The monoisotopic (exact) mass is 344 g/mol. The van der Waals surface area contributed by atoms with Crippen molar-refractivity contribution in [2.75, 3.05) is 0 Å². The van der Waals surface area contributed by atoms with Crippen LogP contribution in [0.15, 0.2) is 67.4 Å². The third-order valence-corrected chi connectivity index (χ3v) is 5.03. The number of para-hydroxylation sites is 1. The van der Waals surface area contributed by atoms with Gasteiger partial charge in [-0.05, 0) is 37.0 Å². The molecular formula is C20H20N6. The first-order chi connectivity index (χ1) is 12.8. The minimum absolute atomic E-state index is 0.201. The molecule has 1 aliphatic rings. The zero-order valence-corrected chi connectivity index (χ0v) is 14.6. The van der Waals surface area contributed by atoms with Gasteiger partial charge >= 0.3 is 0 Å². The molecule has 0 saturated heterocycles. The van der Waals surface area contributed by atoms with Gasteiger partial charge in [0.05, 0.1) is 17.9 Å². The van der Waals surface area contributed by atoms with Crippen LogP contribution in [0.1, 0.15) is 24.7 Å². The summed E-state index contributed by atoms with van der Waals surface area (Å²) < 4.78 is 6.32. The minimum atomic E-state index is 0.201. The quantitative estimate of drug-likeness (QED) is 0.557. The number of aromatic nitrogens is 6. The van der Waals surface area contributed by atoms with E-state index in [-0.39, 0.29) is 6.04 Å². The van der Waals surface area contributed by atoms with Crippen LogP contribution in [0.25, 0.3) is 17.2 Å². The van der Waals surface area contributed by atoms with Crippen molar-refractivity contribution >= 4 is 0 Å². The lowest BCUT2D eigenvalue weighted by molar-refractivity contribution is 0.481. The number of imidazole rings is 2. The normalized spacial score (nSPS) is 15.3. The molecule has 1 aliphatic carbocycles. The fourth-order valence-electron chi connectivity index (χ4n) is 3.62. The topological polar surface area (TPSA) is 53.5 Å². The maximum absolute atomic E-state index is 4.68. The summed E-state index contributed by atoms with van der Waals surface area (Å²) in [5.74, 6) is 2.61. The van der Waals surface area contributed by atoms with Crippen molar-refractivity contribution in [1.82, 2.24) is 28.9 Å². The van der Waals surface area contributed by atoms with Gasteiger partial charge in [-0.3, -0.25) is 0 Å². The molecule has 3 heterocycles. The number of hydrogen-bond donors (Lipinski definition) is 0. The zero-order valence-electron chi connectivity index (χ0n) is 14.6. The molecule has 1 aromatic carbocycles. The molecule has 1 saturated carbocycles. The van der Waals surface area contributed by atoms with E-state index in [1.807, 2.05) is 53.7 Å². The average Bonchev–Trinajstić information content (AvgIpc) is 3.05. The first-order valence-corrected chi connectivity index (χ1v) is 8.93. The Labute approximate surface area is 151 Å². The molecule has 6 heteroatoms. The molecular weight excluding hydrogens is 324 g/mol. The SMILES string of the molecule is Cn1ccnc1C(C1CC1)n1ccnc1-c1ccnn1-c1ccccc1. The van der Waals surface area contributed by atoms with E-state index in [9.17, 15) is 0 Å². The van der Waals surface area contributed by atoms with Crippen LogP contribution in [0, 0.1) is 5.92 Å². The number of aryl methyl sites for hydroxylation is 1. The molecule has 130 valence electrons. The number of nitrogens with zero attached hydrogens (tertiary/aromatic N) is 6. The maximum Gasteiger partial charge on any atom is 0.159 e. The van der Waals surface area contributed by atoms with E-state index in [0.717, 1.165) is 23.0 Å². The summed E-state index contributed by atoms with van der Waals surface area (Å²) in [6.45, 7) is 0. The van der Waals surface area contributed by atoms with Crippen molar-refractivity contribution in [3.05, 3.63) is 73.2 Å². The molecule has 1 atom stereocenters. The van der Waals surface area contributed by atoms with Crippen LogP contribution in [-0.4, -0.2) is 28.9 Å². The fraction of sp³-hybridized carbons (Fsp3) is 0.250. The van der Waals surface area contributed by atoms with Gasteiger partial charge in [0.2, 0.25) is 0 Å². The van der Waals surface area contributed by atoms with Gasteiger partial charge in [0.25, 0.3) is 0 Å². The van der Waals surface area contributed by atoms with Crippen LogP contribution in [0.4, 0.5) is 0 Å². The van der Waals surface area contributed by atoms with Crippen LogP contribution in [0.3, 0.4) is 0 Å². The van der Waals surface area contributed by atoms with Gasteiger partial charge in [0.15, 0.2) is 5.82 Å². The summed E-state index contributed by atoms with van der Waals surface area (Å²) >= 11 is 0. The molecule has 26 heavy (non-hydrogen) atoms. The van der Waals surface area contributed by atoms with Crippen molar-refractivity contribution in [2.45, 2.75) is 18.9 Å². The summed E-state index contributed by atoms with van der Waals surface area (Å²) in [5, 5.41) is 4.53. The summed E-state index contributed by atoms with van der Waals surface area (Å²) in [5.41, 5.74) is 2.02. The molecule has 1 fully saturated rings. The standard InChI is InChI=1S/C20H20N6/c1-24-13-11-22-20(24)18(15-7-8-15)25-14-12-21-19(25)17-9-10-23-26(17)16-5-3-2-4-6-16/h2-6,9-15,18H,7-8H2,1H3. The van der Waals surface area contributed by atoms with Crippen LogP contribution >= 0.6 is 0 Å². The molecule has 0 N–H and O–H groups in total. The van der Waals surface area contributed by atoms with Crippen molar-refractivity contribution in [3.8, 4) is 17.2 Å². The largest absolute Gasteiger partial charge is 0.336 e. The summed E-state index contributed by atoms with van der Waals surface area (Å²) in [6, 6.07) is 12.4. The van der Waals surface area contributed by atoms with Gasteiger partial charge < -0.3 is 9.13 Å². The Balaban J connectivity index is 1.63. The lowest BCUT2D eigenvalue weighted by Gasteiger charge is -2.20. The van der Waals surface area contributed by atoms with Crippen LogP contribution in [-0.2, 0) is 7.05 Å². The van der Waals surface area contributed by atoms with Gasteiger partial charge in [-0.2, -0.15) is 5.10 Å². The zero-order chi connectivity index (χ0) is 17.5. The van der Waals surface area contributed by atoms with Gasteiger partial charge in [0, 0.05) is 31.8 Å². The van der Waals surface area contributed by atoms with Crippen molar-refractivity contribution in [2.24, 2.45) is 13.0 Å². The van der Waals surface area contributed by atoms with E-state index >= 15 is 0 Å². The van der Waals surface area contributed by atoms with E-state index in [4.69, 9.17) is 0 Å². The first-order valence-electron chi connectivity index (χ1n) is 8.93. The molecule has 0 aliphatic heterocycles. The first kappa shape index (κ1) is 15.1. The predicted octanol–water partition coefficient (Wildman–Crippen LogP) is 3.47. The molecule has 0 radical (unpaired) electrons. The molecule has 0 amide bonds. The second-order valence-corrected chi connectivity index (χ2v) is 6.80. The predicted molar refractivity (Wildman–Crippen MR) is 98.9 cm³/mol. The minimum Gasteiger partial charge on any atom is -0.336 e. The van der Waals surface area contributed by atoms with Crippen LogP contribution in [0.2, 0.25) is 0 Å². The van der Waals surface area contributed by atoms with Crippen molar-refractivity contribution in [1.29, 1.82) is 0 Å². The molecule has 6 nitrogen and oxygen atoms in total. The molecule has 4 aromatic rings. The van der Waals surface area contributed by atoms with Crippen LogP contribution in [0.5, 0.6) is 0 Å². The second-order valence-electron chi connectivity index (χ2n) is 6.80. The maximum atomic E-state index is 4.68. The van der Waals surface area contributed by atoms with E-state index in [1.165, 1.54) is 12.8 Å². The number of hydrogen-bond acceptors (Lipinski definition) is 3. The van der Waals surface area contributed by atoms with Crippen LogP contribution < -0.4 is 0 Å². The van der Waals surface area contributed by atoms with Crippen molar-refractivity contribution in [3.63, 3.8) is 0 Å². The Bertz CT molecular complexity index is 1020. The molecule has 5 rings (SSSR count). The Morgan fingerprint density at radius 2 is 1.77 bits per heavy atom. The molecule has 0 spiro atoms. The third kappa shape index (κ3) is 2.45. The van der Waals surface area contributed by atoms with Crippen molar-refractivity contribution < 1.29 is 0 Å². The molecule has 1 unspecified atom stereocenters. The summed E-state index contributed by atoms with van der Waals surface area (Å²) in [7, 11) is 2.06. The second kappa shape index (κ2) is 5.98. The average molecular weight is 344 g/mol. The Hall–Kier alpha value is -3.15. The van der Waals surface area contributed by atoms with E-state index in [2.05, 4.69) is 49.6 Å². The molecule has 0 bridgehead atoms. The van der Waals surface area contributed by atoms with Gasteiger partial charge in [-0.1, -0.05) is 18.2 Å². The Morgan fingerprint density at radius 3 is 2.50 bits per heavy atom. The highest BCUT2D eigenvalue weighted by atomic mass is 15.3. The van der Waals surface area contributed by atoms with E-state index in [0.29, 0.717) is 5.92 Å². The number of benzene rings is 1. The highest BCUT2D eigenvalue weighted by Crippen LogP contribution is 2.44. The van der Waals surface area contributed by atoms with E-state index < -0.39 is 0 Å². The summed E-state index contributed by atoms with van der Waals surface area (Å²) in [6.07, 6.45) is 12.1. The van der Waals surface area contributed by atoms with Gasteiger partial charge in [-0.15, -0.1) is 0 Å². The fourth-order valence-corrected chi connectivity index (χ4v) is 3.62. The molecule has 3 aromatic heterocycles. The highest BCUT2D eigenvalue weighted by Gasteiger charge is 2.37. The summed E-state index contributed by atoms with van der Waals surface area (Å²) in [4.78, 5) is 9.31. The van der Waals surface area contributed by atoms with E-state index in [1.54, 1.807) is 0 Å². The Kier molecular flexibility index (Phi) is 3.48. The number of rotatable bonds is 5. The lowest BCUT2D eigenvalue weighted by atomic mass is 10.1. The Morgan fingerprint density at radius 1 is 0.962 bits per heavy atom. The van der Waals surface area contributed by atoms with Gasteiger partial charge in [0.1, 0.15) is 11.5 Å². The smallest absolute Gasteiger partial charge is 0.159 e. The third-order valence-electron chi connectivity index (χ3n) is 5.03. The highest BCUT2D eigenvalue weighted by molar-refractivity contribution is 5.54. The van der Waals surface area contributed by atoms with Gasteiger partial charge in [-0.25, -0.2) is 14.6 Å².